The van der Waals surface area contributed by atoms with Gasteiger partial charge in [0.05, 0.1) is 30.6 Å². The SMILES string of the molecule is CN(C)c1cncc([C@H]2CCCN2C(=O)Cc2ccc3c(c2)CCC3)n1. The third kappa shape index (κ3) is 3.30. The number of benzene rings is 1. The topological polar surface area (TPSA) is 49.3 Å². The van der Waals surface area contributed by atoms with E-state index in [1.807, 2.05) is 23.9 Å². The van der Waals surface area contributed by atoms with Gasteiger partial charge in [0.25, 0.3) is 0 Å². The van der Waals surface area contributed by atoms with Crippen LogP contribution in [0.15, 0.2) is 30.6 Å². The van der Waals surface area contributed by atoms with Crippen molar-refractivity contribution in [3.8, 4) is 0 Å². The van der Waals surface area contributed by atoms with Gasteiger partial charge in [-0.25, -0.2) is 4.98 Å². The van der Waals surface area contributed by atoms with Gasteiger partial charge in [-0.05, 0) is 48.8 Å². The Bertz CT molecular complexity index is 817. The molecule has 1 aliphatic heterocycles. The lowest BCUT2D eigenvalue weighted by molar-refractivity contribution is -0.131. The molecule has 0 N–H and O–H groups in total. The number of carbonyl (C=O) groups is 1. The number of carbonyl (C=O) groups excluding carboxylic acids is 1. The molecule has 5 heteroatoms. The Hall–Kier alpha value is -2.43. The monoisotopic (exact) mass is 350 g/mol. The fourth-order valence-electron chi connectivity index (χ4n) is 4.13. The van der Waals surface area contributed by atoms with Crippen molar-refractivity contribution in [3.63, 3.8) is 0 Å². The number of hydrogen-bond donors (Lipinski definition) is 0. The second-order valence-electron chi connectivity index (χ2n) is 7.58. The van der Waals surface area contributed by atoms with E-state index in [1.54, 1.807) is 12.4 Å². The molecule has 1 fully saturated rings. The summed E-state index contributed by atoms with van der Waals surface area (Å²) in [5, 5.41) is 0. The van der Waals surface area contributed by atoms with E-state index in [0.717, 1.165) is 42.9 Å². The molecule has 1 amide bonds. The highest BCUT2D eigenvalue weighted by Gasteiger charge is 2.31. The van der Waals surface area contributed by atoms with Crippen LogP contribution in [0.5, 0.6) is 0 Å². The number of amides is 1. The number of rotatable bonds is 4. The van der Waals surface area contributed by atoms with Gasteiger partial charge in [0.1, 0.15) is 5.82 Å². The van der Waals surface area contributed by atoms with E-state index in [2.05, 4.69) is 23.2 Å². The Labute approximate surface area is 155 Å². The van der Waals surface area contributed by atoms with Crippen LogP contribution in [0.25, 0.3) is 0 Å². The first-order valence-electron chi connectivity index (χ1n) is 9.51. The molecular weight excluding hydrogens is 324 g/mol. The zero-order valence-electron chi connectivity index (χ0n) is 15.6. The molecule has 4 rings (SSSR count). The summed E-state index contributed by atoms with van der Waals surface area (Å²) in [6.07, 6.45) is 9.59. The zero-order valence-corrected chi connectivity index (χ0v) is 15.6. The third-order valence-corrected chi connectivity index (χ3v) is 5.53. The number of likely N-dealkylation sites (tertiary alicyclic amines) is 1. The lowest BCUT2D eigenvalue weighted by atomic mass is 10.0. The van der Waals surface area contributed by atoms with E-state index in [0.29, 0.717) is 6.42 Å². The average molecular weight is 350 g/mol. The molecule has 0 spiro atoms. The summed E-state index contributed by atoms with van der Waals surface area (Å²) in [6.45, 7) is 0.808. The molecule has 2 heterocycles. The third-order valence-electron chi connectivity index (χ3n) is 5.53. The first kappa shape index (κ1) is 17.0. The van der Waals surface area contributed by atoms with Crippen LogP contribution in [0.3, 0.4) is 0 Å². The van der Waals surface area contributed by atoms with Crippen LogP contribution in [0.1, 0.15) is 47.7 Å². The highest BCUT2D eigenvalue weighted by atomic mass is 16.2. The first-order valence-corrected chi connectivity index (χ1v) is 9.51. The summed E-state index contributed by atoms with van der Waals surface area (Å²) in [5.74, 6) is 1.03. The molecule has 136 valence electrons. The van der Waals surface area contributed by atoms with Crippen molar-refractivity contribution in [3.05, 3.63) is 53.0 Å². The summed E-state index contributed by atoms with van der Waals surface area (Å²) in [5.41, 5.74) is 4.92. The van der Waals surface area contributed by atoms with Gasteiger partial charge in [-0.3, -0.25) is 9.78 Å². The summed E-state index contributed by atoms with van der Waals surface area (Å²) in [7, 11) is 3.92. The average Bonchev–Trinajstić information content (AvgIpc) is 3.30. The lowest BCUT2D eigenvalue weighted by Gasteiger charge is -2.25. The normalized spacial score (nSPS) is 18.8. The molecule has 1 atom stereocenters. The molecule has 2 aliphatic rings. The van der Waals surface area contributed by atoms with E-state index in [9.17, 15) is 4.79 Å². The number of hydrogen-bond acceptors (Lipinski definition) is 4. The van der Waals surface area contributed by atoms with Crippen molar-refractivity contribution in [2.24, 2.45) is 0 Å². The van der Waals surface area contributed by atoms with Crippen molar-refractivity contribution in [1.82, 2.24) is 14.9 Å². The van der Waals surface area contributed by atoms with Crippen molar-refractivity contribution < 1.29 is 4.79 Å². The van der Waals surface area contributed by atoms with Crippen LogP contribution in [0, 0.1) is 0 Å². The Morgan fingerprint density at radius 3 is 2.88 bits per heavy atom. The number of anilines is 1. The van der Waals surface area contributed by atoms with Crippen LogP contribution in [-0.4, -0.2) is 41.4 Å². The molecule has 0 unspecified atom stereocenters. The van der Waals surface area contributed by atoms with Crippen molar-refractivity contribution in [1.29, 1.82) is 0 Å². The minimum Gasteiger partial charge on any atom is -0.361 e. The Morgan fingerprint density at radius 2 is 2.04 bits per heavy atom. The van der Waals surface area contributed by atoms with Gasteiger partial charge < -0.3 is 9.80 Å². The van der Waals surface area contributed by atoms with E-state index < -0.39 is 0 Å². The van der Waals surface area contributed by atoms with Crippen LogP contribution in [0.2, 0.25) is 0 Å². The zero-order chi connectivity index (χ0) is 18.1. The minimum atomic E-state index is 0.0457. The number of nitrogens with zero attached hydrogens (tertiary/aromatic N) is 4. The molecule has 2 aromatic rings. The maximum absolute atomic E-state index is 13.0. The maximum Gasteiger partial charge on any atom is 0.227 e. The smallest absolute Gasteiger partial charge is 0.227 e. The van der Waals surface area contributed by atoms with Gasteiger partial charge in [-0.2, -0.15) is 0 Å². The fourth-order valence-corrected chi connectivity index (χ4v) is 4.13. The molecule has 26 heavy (non-hydrogen) atoms. The second-order valence-corrected chi connectivity index (χ2v) is 7.58. The summed E-state index contributed by atoms with van der Waals surface area (Å²) < 4.78 is 0. The lowest BCUT2D eigenvalue weighted by Crippen LogP contribution is -2.32. The van der Waals surface area contributed by atoms with Gasteiger partial charge in [0.15, 0.2) is 0 Å². The van der Waals surface area contributed by atoms with Crippen LogP contribution in [0.4, 0.5) is 5.82 Å². The van der Waals surface area contributed by atoms with E-state index in [4.69, 9.17) is 4.98 Å². The Morgan fingerprint density at radius 1 is 1.19 bits per heavy atom. The van der Waals surface area contributed by atoms with Gasteiger partial charge in [0, 0.05) is 20.6 Å². The van der Waals surface area contributed by atoms with Gasteiger partial charge in [0.2, 0.25) is 5.91 Å². The van der Waals surface area contributed by atoms with Crippen LogP contribution in [-0.2, 0) is 24.1 Å². The molecule has 0 bridgehead atoms. The molecule has 1 saturated heterocycles. The number of aromatic nitrogens is 2. The number of aryl methyl sites for hydroxylation is 2. The molecule has 1 aliphatic carbocycles. The highest BCUT2D eigenvalue weighted by molar-refractivity contribution is 5.79. The summed E-state index contributed by atoms with van der Waals surface area (Å²) in [6, 6.07) is 6.61. The van der Waals surface area contributed by atoms with Gasteiger partial charge >= 0.3 is 0 Å². The highest BCUT2D eigenvalue weighted by Crippen LogP contribution is 2.32. The summed E-state index contributed by atoms with van der Waals surface area (Å²) >= 11 is 0. The van der Waals surface area contributed by atoms with E-state index >= 15 is 0 Å². The fraction of sp³-hybridized carbons (Fsp3) is 0.476. The quantitative estimate of drug-likeness (QED) is 0.851. The molecule has 1 aromatic carbocycles. The van der Waals surface area contributed by atoms with E-state index in [-0.39, 0.29) is 11.9 Å². The standard InChI is InChI=1S/C21H26N4O/c1-24(2)20-14-22-13-18(23-20)19-7-4-10-25(19)21(26)12-15-8-9-16-5-3-6-17(16)11-15/h8-9,11,13-14,19H,3-7,10,12H2,1-2H3/t19-/m1/s1. The van der Waals surface area contributed by atoms with E-state index in [1.165, 1.54) is 24.0 Å². The van der Waals surface area contributed by atoms with Gasteiger partial charge in [-0.1, -0.05) is 18.2 Å². The predicted octanol–water partition coefficient (Wildman–Crippen LogP) is 2.94. The largest absolute Gasteiger partial charge is 0.361 e. The number of fused-ring (bicyclic) bond motifs is 1. The first-order chi connectivity index (χ1) is 12.6. The predicted molar refractivity (Wildman–Crippen MR) is 102 cm³/mol. The molecule has 1 aromatic heterocycles. The molecule has 0 saturated carbocycles. The maximum atomic E-state index is 13.0. The molecule has 0 radical (unpaired) electrons. The van der Waals surface area contributed by atoms with Crippen molar-refractivity contribution in [2.45, 2.75) is 44.6 Å². The molecule has 5 nitrogen and oxygen atoms in total. The second kappa shape index (κ2) is 7.06. The van der Waals surface area contributed by atoms with Crippen molar-refractivity contribution >= 4 is 11.7 Å². The Balaban J connectivity index is 1.51. The summed E-state index contributed by atoms with van der Waals surface area (Å²) in [4.78, 5) is 26.0. The van der Waals surface area contributed by atoms with Crippen LogP contribution >= 0.6 is 0 Å². The molecular formula is C21H26N4O. The Kier molecular flexibility index (Phi) is 4.62. The van der Waals surface area contributed by atoms with Crippen LogP contribution < -0.4 is 4.90 Å². The minimum absolute atomic E-state index is 0.0457. The van der Waals surface area contributed by atoms with Gasteiger partial charge in [-0.15, -0.1) is 0 Å². The van der Waals surface area contributed by atoms with Crippen molar-refractivity contribution in [2.75, 3.05) is 25.5 Å².